The molecule has 0 spiro atoms. The number of amides is 2. The number of halogens is 3. The predicted octanol–water partition coefficient (Wildman–Crippen LogP) is 3.83. The number of hydrogen-bond donors (Lipinski definition) is 2. The van der Waals surface area contributed by atoms with E-state index >= 15 is 0 Å². The number of nitrogens with two attached hydrogens (primary N) is 1. The van der Waals surface area contributed by atoms with Gasteiger partial charge in [-0.1, -0.05) is 13.0 Å². The molecule has 1 fully saturated rings. The molecule has 0 unspecified atom stereocenters. The Balaban J connectivity index is 1.38. The maximum absolute atomic E-state index is 14.0. The summed E-state index contributed by atoms with van der Waals surface area (Å²) in [5.74, 6) is -0.621. The van der Waals surface area contributed by atoms with Gasteiger partial charge in [-0.3, -0.25) is 14.5 Å². The minimum Gasteiger partial charge on any atom is -0.368 e. The maximum atomic E-state index is 14.0. The van der Waals surface area contributed by atoms with E-state index in [1.54, 1.807) is 31.1 Å². The van der Waals surface area contributed by atoms with Crippen molar-refractivity contribution in [3.05, 3.63) is 64.8 Å². The average Bonchev–Trinajstić information content (AvgIpc) is 3.02. The number of nitrogens with one attached hydrogen (secondary N) is 1. The quantitative estimate of drug-likeness (QED) is 0.478. The lowest BCUT2D eigenvalue weighted by molar-refractivity contribution is -0.138. The van der Waals surface area contributed by atoms with Gasteiger partial charge < -0.3 is 25.8 Å². The van der Waals surface area contributed by atoms with Crippen LogP contribution >= 0.6 is 0 Å². The van der Waals surface area contributed by atoms with E-state index in [0.717, 1.165) is 25.7 Å². The Kier molecular flexibility index (Phi) is 7.58. The van der Waals surface area contributed by atoms with Crippen molar-refractivity contribution in [1.29, 1.82) is 0 Å². The summed E-state index contributed by atoms with van der Waals surface area (Å²) < 4.78 is 42.1. The first kappa shape index (κ1) is 28.3. The lowest BCUT2D eigenvalue weighted by Crippen LogP contribution is -2.45. The zero-order valence-electron chi connectivity index (χ0n) is 23.0. The molecule has 0 aliphatic carbocycles. The second-order valence-corrected chi connectivity index (χ2v) is 10.1. The smallest absolute Gasteiger partial charge is 0.368 e. The zero-order valence-corrected chi connectivity index (χ0v) is 23.0. The second-order valence-electron chi connectivity index (χ2n) is 10.1. The Morgan fingerprint density at radius 1 is 1.00 bits per heavy atom. The predicted molar refractivity (Wildman–Crippen MR) is 150 cm³/mol. The first-order valence-corrected chi connectivity index (χ1v) is 13.2. The largest absolute Gasteiger partial charge is 0.416 e. The van der Waals surface area contributed by atoms with Gasteiger partial charge in [0.2, 0.25) is 5.95 Å². The number of alkyl halides is 3. The highest BCUT2D eigenvalue weighted by Gasteiger charge is 2.35. The molecule has 3 heterocycles. The van der Waals surface area contributed by atoms with Crippen molar-refractivity contribution < 1.29 is 22.8 Å². The Bertz CT molecular complexity index is 1490. The van der Waals surface area contributed by atoms with E-state index in [4.69, 9.17) is 5.73 Å². The Morgan fingerprint density at radius 3 is 2.39 bits per heavy atom. The van der Waals surface area contributed by atoms with Crippen molar-refractivity contribution in [3.63, 3.8) is 0 Å². The molecule has 1 aromatic heterocycles. The fourth-order valence-electron chi connectivity index (χ4n) is 5.17. The molecule has 3 N–H and O–H groups in total. The number of rotatable bonds is 5. The number of benzene rings is 2. The molecule has 2 amide bonds. The monoisotopic (exact) mass is 568 g/mol. The van der Waals surface area contributed by atoms with Crippen molar-refractivity contribution in [3.8, 4) is 0 Å². The summed E-state index contributed by atoms with van der Waals surface area (Å²) in [6.07, 6.45) is -3.17. The molecule has 0 saturated carbocycles. The van der Waals surface area contributed by atoms with Crippen LogP contribution in [-0.4, -0.2) is 78.4 Å². The highest BCUT2D eigenvalue weighted by Crippen LogP contribution is 2.39. The van der Waals surface area contributed by atoms with Gasteiger partial charge in [-0.05, 0) is 42.4 Å². The van der Waals surface area contributed by atoms with Gasteiger partial charge in [0.1, 0.15) is 5.69 Å². The number of carbonyl (C=O) groups is 2. The van der Waals surface area contributed by atoms with Crippen LogP contribution in [0, 0.1) is 0 Å². The van der Waals surface area contributed by atoms with Crippen molar-refractivity contribution in [2.45, 2.75) is 19.6 Å². The highest BCUT2D eigenvalue weighted by atomic mass is 19.4. The fourth-order valence-corrected chi connectivity index (χ4v) is 5.17. The summed E-state index contributed by atoms with van der Waals surface area (Å²) in [7, 11) is 3.29. The second kappa shape index (κ2) is 11.0. The van der Waals surface area contributed by atoms with Gasteiger partial charge in [0.05, 0.1) is 23.0 Å². The molecule has 13 heteroatoms. The number of piperazine rings is 1. The van der Waals surface area contributed by atoms with Gasteiger partial charge in [0.15, 0.2) is 5.82 Å². The SMILES string of the molecule is CCN1CCN(Cc2ccc(C(=O)Nc3ccc4c(c3)C(=O)N(C)c3cnc(N)nc3N4C)cc2C(F)(F)F)CC1. The van der Waals surface area contributed by atoms with Crippen LogP contribution < -0.4 is 20.9 Å². The van der Waals surface area contributed by atoms with Crippen LogP contribution in [0.2, 0.25) is 0 Å². The zero-order chi connectivity index (χ0) is 29.5. The number of hydrogen-bond acceptors (Lipinski definition) is 8. The van der Waals surface area contributed by atoms with Gasteiger partial charge in [-0.2, -0.15) is 18.2 Å². The lowest BCUT2D eigenvalue weighted by atomic mass is 10.0. The van der Waals surface area contributed by atoms with E-state index in [2.05, 4.69) is 27.1 Å². The Labute approximate surface area is 235 Å². The van der Waals surface area contributed by atoms with Gasteiger partial charge in [-0.15, -0.1) is 0 Å². The summed E-state index contributed by atoms with van der Waals surface area (Å²) in [5.41, 5.74) is 6.40. The fraction of sp³-hybridized carbons (Fsp3) is 0.357. The number of anilines is 5. The van der Waals surface area contributed by atoms with Crippen molar-refractivity contribution in [1.82, 2.24) is 19.8 Å². The van der Waals surface area contributed by atoms with E-state index in [-0.39, 0.29) is 40.8 Å². The summed E-state index contributed by atoms with van der Waals surface area (Å²) in [4.78, 5) is 41.9. The van der Waals surface area contributed by atoms with E-state index in [1.165, 1.54) is 29.3 Å². The standard InChI is InChI=1S/C28H31F3N8O2/c1-4-38-9-11-39(12-10-38)16-18-6-5-17(13-21(18)28(29,30)31)25(40)34-19-7-8-22-20(14-19)26(41)37(3)23-15-33-27(32)35-24(23)36(22)2/h5-8,13-15H,4,9-12,16H2,1-3H3,(H,34,40)(H2,32,33,35). The van der Waals surface area contributed by atoms with Crippen molar-refractivity contribution in [2.24, 2.45) is 0 Å². The molecule has 2 aliphatic rings. The molecule has 0 bridgehead atoms. The van der Waals surface area contributed by atoms with Crippen molar-refractivity contribution >= 4 is 40.6 Å². The molecule has 10 nitrogen and oxygen atoms in total. The lowest BCUT2D eigenvalue weighted by Gasteiger charge is -2.34. The van der Waals surface area contributed by atoms with E-state index < -0.39 is 17.6 Å². The third kappa shape index (κ3) is 5.68. The van der Waals surface area contributed by atoms with E-state index in [0.29, 0.717) is 30.3 Å². The minimum atomic E-state index is -4.62. The number of nitrogens with zero attached hydrogens (tertiary/aromatic N) is 6. The van der Waals surface area contributed by atoms with Crippen LogP contribution in [0.5, 0.6) is 0 Å². The van der Waals surface area contributed by atoms with Gasteiger partial charge in [0, 0.05) is 58.1 Å². The molecule has 0 radical (unpaired) electrons. The number of aromatic nitrogens is 2. The van der Waals surface area contributed by atoms with E-state index in [9.17, 15) is 22.8 Å². The summed E-state index contributed by atoms with van der Waals surface area (Å²) in [6.45, 7) is 6.10. The third-order valence-corrected chi connectivity index (χ3v) is 7.58. The summed E-state index contributed by atoms with van der Waals surface area (Å²) >= 11 is 0. The van der Waals surface area contributed by atoms with Crippen LogP contribution in [0.15, 0.2) is 42.6 Å². The average molecular weight is 569 g/mol. The molecule has 1 saturated heterocycles. The maximum Gasteiger partial charge on any atom is 0.416 e. The molecule has 41 heavy (non-hydrogen) atoms. The summed E-state index contributed by atoms with van der Waals surface area (Å²) in [5, 5.41) is 2.64. The molecular formula is C28H31F3N8O2. The van der Waals surface area contributed by atoms with Crippen LogP contribution in [0.3, 0.4) is 0 Å². The highest BCUT2D eigenvalue weighted by molar-refractivity contribution is 6.14. The normalized spacial score (nSPS) is 16.3. The number of fused-ring (bicyclic) bond motifs is 2. The first-order valence-electron chi connectivity index (χ1n) is 13.2. The Morgan fingerprint density at radius 2 is 1.71 bits per heavy atom. The first-order chi connectivity index (χ1) is 19.5. The Hall–Kier alpha value is -4.23. The molecular weight excluding hydrogens is 537 g/mol. The van der Waals surface area contributed by atoms with Crippen LogP contribution in [0.1, 0.15) is 38.8 Å². The summed E-state index contributed by atoms with van der Waals surface area (Å²) in [6, 6.07) is 8.36. The molecule has 2 aromatic carbocycles. The number of likely N-dealkylation sites (N-methyl/N-ethyl adjacent to an activating group) is 1. The van der Waals surface area contributed by atoms with E-state index in [1.807, 2.05) is 4.90 Å². The van der Waals surface area contributed by atoms with Gasteiger partial charge in [0.25, 0.3) is 11.8 Å². The number of nitrogen functional groups attached to an aromatic ring is 1. The van der Waals surface area contributed by atoms with Gasteiger partial charge >= 0.3 is 6.18 Å². The van der Waals surface area contributed by atoms with Crippen LogP contribution in [0.25, 0.3) is 0 Å². The molecule has 2 aliphatic heterocycles. The molecule has 216 valence electrons. The van der Waals surface area contributed by atoms with Crippen molar-refractivity contribution in [2.75, 3.05) is 67.7 Å². The van der Waals surface area contributed by atoms with Crippen LogP contribution in [-0.2, 0) is 12.7 Å². The molecule has 0 atom stereocenters. The third-order valence-electron chi connectivity index (χ3n) is 7.58. The van der Waals surface area contributed by atoms with Crippen LogP contribution in [0.4, 0.5) is 42.0 Å². The minimum absolute atomic E-state index is 0.0482. The molecule has 3 aromatic rings. The molecule has 5 rings (SSSR count). The van der Waals surface area contributed by atoms with Gasteiger partial charge in [-0.25, -0.2) is 4.98 Å². The number of carbonyl (C=O) groups excluding carboxylic acids is 2. The topological polar surface area (TPSA) is 111 Å².